The smallest absolute Gasteiger partial charge is 0.227 e. The topological polar surface area (TPSA) is 58.6 Å². The summed E-state index contributed by atoms with van der Waals surface area (Å²) in [4.78, 5) is 26.6. The van der Waals surface area contributed by atoms with Crippen LogP contribution in [0, 0.1) is 12.8 Å². The summed E-state index contributed by atoms with van der Waals surface area (Å²) in [6, 6.07) is 15.4. The van der Waals surface area contributed by atoms with Crippen molar-refractivity contribution in [2.45, 2.75) is 39.8 Å². The van der Waals surface area contributed by atoms with Crippen LogP contribution in [0.3, 0.4) is 0 Å². The average molecular weight is 366 g/mol. The number of benzene rings is 2. The molecule has 1 saturated heterocycles. The summed E-state index contributed by atoms with van der Waals surface area (Å²) in [5, 5.41) is 2.97. The van der Waals surface area contributed by atoms with E-state index in [2.05, 4.69) is 5.32 Å². The van der Waals surface area contributed by atoms with Gasteiger partial charge in [0.1, 0.15) is 5.75 Å². The van der Waals surface area contributed by atoms with Gasteiger partial charge in [0, 0.05) is 25.2 Å². The molecule has 0 unspecified atom stereocenters. The molecular formula is C22H26N2O3. The van der Waals surface area contributed by atoms with E-state index in [1.165, 1.54) is 0 Å². The molecule has 1 aliphatic rings. The number of carbonyl (C=O) groups is 2. The Balaban J connectivity index is 1.59. The van der Waals surface area contributed by atoms with Crippen LogP contribution in [-0.2, 0) is 16.1 Å². The molecule has 5 nitrogen and oxygen atoms in total. The Kier molecular flexibility index (Phi) is 5.79. The molecule has 27 heavy (non-hydrogen) atoms. The van der Waals surface area contributed by atoms with E-state index in [0.717, 1.165) is 22.6 Å². The number of anilines is 1. The first-order valence-electron chi connectivity index (χ1n) is 9.33. The first-order valence-corrected chi connectivity index (χ1v) is 9.33. The first kappa shape index (κ1) is 19.0. The fourth-order valence-corrected chi connectivity index (χ4v) is 3.24. The fourth-order valence-electron chi connectivity index (χ4n) is 3.24. The maximum atomic E-state index is 12.5. The minimum Gasteiger partial charge on any atom is -0.491 e. The molecule has 1 heterocycles. The number of hydrogen-bond acceptors (Lipinski definition) is 3. The lowest BCUT2D eigenvalue weighted by Gasteiger charge is -2.18. The molecule has 1 N–H and O–H groups in total. The summed E-state index contributed by atoms with van der Waals surface area (Å²) in [6.07, 6.45) is 0.342. The number of hydrogen-bond donors (Lipinski definition) is 1. The van der Waals surface area contributed by atoms with E-state index in [9.17, 15) is 9.59 Å². The van der Waals surface area contributed by atoms with Crippen molar-refractivity contribution >= 4 is 17.5 Å². The number of nitrogens with zero attached hydrogens (tertiary/aromatic N) is 1. The van der Waals surface area contributed by atoms with E-state index in [4.69, 9.17) is 4.74 Å². The summed E-state index contributed by atoms with van der Waals surface area (Å²) in [5.41, 5.74) is 3.03. The Bertz CT molecular complexity index is 815. The van der Waals surface area contributed by atoms with Crippen LogP contribution in [0.25, 0.3) is 0 Å². The predicted molar refractivity (Wildman–Crippen MR) is 106 cm³/mol. The third-order valence-corrected chi connectivity index (χ3v) is 4.73. The van der Waals surface area contributed by atoms with Crippen molar-refractivity contribution in [1.82, 2.24) is 5.32 Å². The van der Waals surface area contributed by atoms with Crippen molar-refractivity contribution in [2.75, 3.05) is 11.4 Å². The van der Waals surface area contributed by atoms with Gasteiger partial charge in [0.05, 0.1) is 12.0 Å². The molecule has 0 bridgehead atoms. The standard InChI is InChI=1S/C22H26N2O3/c1-15(2)27-20-10-8-19(9-11-20)24-14-18(12-21(24)25)22(26)23-13-17-7-5-4-6-16(17)3/h4-11,15,18H,12-14H2,1-3H3,(H,23,26)/t18-/m0/s1. The summed E-state index contributed by atoms with van der Waals surface area (Å²) in [5.74, 6) is 0.346. The Morgan fingerprint density at radius 1 is 1.19 bits per heavy atom. The molecule has 1 aliphatic heterocycles. The Morgan fingerprint density at radius 3 is 2.56 bits per heavy atom. The van der Waals surface area contributed by atoms with Gasteiger partial charge in [-0.15, -0.1) is 0 Å². The fraction of sp³-hybridized carbons (Fsp3) is 0.364. The van der Waals surface area contributed by atoms with Crippen LogP contribution in [-0.4, -0.2) is 24.5 Å². The number of aryl methyl sites for hydroxylation is 1. The van der Waals surface area contributed by atoms with E-state index in [0.29, 0.717) is 13.1 Å². The number of ether oxygens (including phenoxy) is 1. The van der Waals surface area contributed by atoms with Crippen molar-refractivity contribution in [3.63, 3.8) is 0 Å². The molecule has 0 radical (unpaired) electrons. The van der Waals surface area contributed by atoms with E-state index in [-0.39, 0.29) is 30.3 Å². The van der Waals surface area contributed by atoms with Crippen LogP contribution < -0.4 is 15.0 Å². The molecule has 0 spiro atoms. The summed E-state index contributed by atoms with van der Waals surface area (Å²) in [7, 11) is 0. The van der Waals surface area contributed by atoms with Crippen LogP contribution in [0.4, 0.5) is 5.69 Å². The van der Waals surface area contributed by atoms with Crippen LogP contribution in [0.2, 0.25) is 0 Å². The molecule has 1 atom stereocenters. The van der Waals surface area contributed by atoms with Crippen molar-refractivity contribution in [3.8, 4) is 5.75 Å². The molecule has 0 aliphatic carbocycles. The SMILES string of the molecule is Cc1ccccc1CNC(=O)[C@H]1CC(=O)N(c2ccc(OC(C)C)cc2)C1. The van der Waals surface area contributed by atoms with Crippen molar-refractivity contribution in [2.24, 2.45) is 5.92 Å². The van der Waals surface area contributed by atoms with Gasteiger partial charge in [-0.1, -0.05) is 24.3 Å². The molecule has 0 aromatic heterocycles. The summed E-state index contributed by atoms with van der Waals surface area (Å²) >= 11 is 0. The second kappa shape index (κ2) is 8.25. The molecule has 5 heteroatoms. The third kappa shape index (κ3) is 4.67. The van der Waals surface area contributed by atoms with Gasteiger partial charge in [-0.2, -0.15) is 0 Å². The summed E-state index contributed by atoms with van der Waals surface area (Å²) < 4.78 is 5.63. The monoisotopic (exact) mass is 366 g/mol. The minimum atomic E-state index is -0.326. The molecule has 2 aromatic rings. The highest BCUT2D eigenvalue weighted by Crippen LogP contribution is 2.27. The number of carbonyl (C=O) groups excluding carboxylic acids is 2. The highest BCUT2D eigenvalue weighted by Gasteiger charge is 2.35. The Labute approximate surface area is 160 Å². The second-order valence-corrected chi connectivity index (χ2v) is 7.21. The van der Waals surface area contributed by atoms with Gasteiger partial charge in [-0.3, -0.25) is 9.59 Å². The highest BCUT2D eigenvalue weighted by molar-refractivity contribution is 6.00. The van der Waals surface area contributed by atoms with Crippen molar-refractivity contribution in [1.29, 1.82) is 0 Å². The molecular weight excluding hydrogens is 340 g/mol. The zero-order chi connectivity index (χ0) is 19.4. The number of rotatable bonds is 6. The number of amides is 2. The third-order valence-electron chi connectivity index (χ3n) is 4.73. The highest BCUT2D eigenvalue weighted by atomic mass is 16.5. The van der Waals surface area contributed by atoms with Gasteiger partial charge in [0.15, 0.2) is 0 Å². The Morgan fingerprint density at radius 2 is 1.89 bits per heavy atom. The quantitative estimate of drug-likeness (QED) is 0.852. The van der Waals surface area contributed by atoms with Crippen molar-refractivity contribution in [3.05, 3.63) is 59.7 Å². The predicted octanol–water partition coefficient (Wildman–Crippen LogP) is 3.45. The molecule has 2 amide bonds. The molecule has 142 valence electrons. The maximum absolute atomic E-state index is 12.5. The van der Waals surface area contributed by atoms with Gasteiger partial charge in [-0.05, 0) is 56.2 Å². The normalized spacial score (nSPS) is 16.7. The van der Waals surface area contributed by atoms with Gasteiger partial charge in [-0.25, -0.2) is 0 Å². The Hall–Kier alpha value is -2.82. The van der Waals surface area contributed by atoms with E-state index in [1.807, 2.05) is 69.3 Å². The van der Waals surface area contributed by atoms with Crippen LogP contribution in [0.5, 0.6) is 5.75 Å². The van der Waals surface area contributed by atoms with Gasteiger partial charge in [0.2, 0.25) is 11.8 Å². The van der Waals surface area contributed by atoms with Crippen LogP contribution in [0.15, 0.2) is 48.5 Å². The van der Waals surface area contributed by atoms with Crippen LogP contribution >= 0.6 is 0 Å². The maximum Gasteiger partial charge on any atom is 0.227 e. The van der Waals surface area contributed by atoms with E-state index >= 15 is 0 Å². The number of nitrogens with one attached hydrogen (secondary N) is 1. The zero-order valence-electron chi connectivity index (χ0n) is 16.1. The lowest BCUT2D eigenvalue weighted by molar-refractivity contribution is -0.126. The molecule has 0 saturated carbocycles. The molecule has 1 fully saturated rings. The van der Waals surface area contributed by atoms with Gasteiger partial charge in [0.25, 0.3) is 0 Å². The average Bonchev–Trinajstić information content (AvgIpc) is 3.03. The van der Waals surface area contributed by atoms with Gasteiger partial charge < -0.3 is 15.0 Å². The van der Waals surface area contributed by atoms with Crippen LogP contribution in [0.1, 0.15) is 31.4 Å². The van der Waals surface area contributed by atoms with Gasteiger partial charge >= 0.3 is 0 Å². The van der Waals surface area contributed by atoms with E-state index < -0.39 is 0 Å². The lowest BCUT2D eigenvalue weighted by atomic mass is 10.1. The lowest BCUT2D eigenvalue weighted by Crippen LogP contribution is -2.32. The largest absolute Gasteiger partial charge is 0.491 e. The van der Waals surface area contributed by atoms with Crippen molar-refractivity contribution < 1.29 is 14.3 Å². The second-order valence-electron chi connectivity index (χ2n) is 7.21. The minimum absolute atomic E-state index is 0.0245. The molecule has 3 rings (SSSR count). The van der Waals surface area contributed by atoms with E-state index in [1.54, 1.807) is 4.90 Å². The zero-order valence-corrected chi connectivity index (χ0v) is 16.1. The molecule has 2 aromatic carbocycles. The first-order chi connectivity index (χ1) is 12.9. The summed E-state index contributed by atoms with van der Waals surface area (Å²) in [6.45, 7) is 6.85.